The van der Waals surface area contributed by atoms with Crippen molar-refractivity contribution in [3.05, 3.63) is 29.1 Å². The molecule has 2 amide bonds. The summed E-state index contributed by atoms with van der Waals surface area (Å²) in [5.74, 6) is -0.125. The van der Waals surface area contributed by atoms with Crippen LogP contribution in [0, 0.1) is 0 Å². The van der Waals surface area contributed by atoms with Crippen molar-refractivity contribution in [2.24, 2.45) is 0 Å². The fourth-order valence-corrected chi connectivity index (χ4v) is 6.16. The molecule has 2 atom stereocenters. The van der Waals surface area contributed by atoms with Crippen molar-refractivity contribution in [2.45, 2.75) is 25.4 Å². The Bertz CT molecular complexity index is 876. The second kappa shape index (κ2) is 7.16. The number of thiocarbonyl (C=S) groups is 1. The first-order chi connectivity index (χ1) is 12.2. The summed E-state index contributed by atoms with van der Waals surface area (Å²) in [6.45, 7) is 1.60. The van der Waals surface area contributed by atoms with Gasteiger partial charge in [-0.05, 0) is 25.5 Å². The molecule has 1 aromatic heterocycles. The molecular weight excluding hydrogens is 396 g/mol. The van der Waals surface area contributed by atoms with Gasteiger partial charge in [-0.2, -0.15) is 0 Å². The largest absolute Gasteiger partial charge is 0.465 e. The van der Waals surface area contributed by atoms with E-state index >= 15 is 0 Å². The number of amides is 2. The van der Waals surface area contributed by atoms with Gasteiger partial charge in [-0.3, -0.25) is 14.5 Å². The fourth-order valence-electron chi connectivity index (χ4n) is 2.98. The standard InChI is InChI=1S/C16H18N2O5S3/c1-10(14(19)17(2)11-5-7-26(21,22)9-11)18-15(20)13(25-16(18)24)8-12-4-3-6-23-12/h3-4,6,8,10-11H,5,7,9H2,1-2H3/b13-8-/t10-,11+/m1/s1. The van der Waals surface area contributed by atoms with E-state index in [0.717, 1.165) is 11.8 Å². The van der Waals surface area contributed by atoms with Crippen molar-refractivity contribution in [2.75, 3.05) is 18.6 Å². The predicted molar refractivity (Wildman–Crippen MR) is 103 cm³/mol. The number of furan rings is 1. The average Bonchev–Trinajstić information content (AvgIpc) is 3.27. The van der Waals surface area contributed by atoms with Crippen LogP contribution in [0.1, 0.15) is 19.1 Å². The highest BCUT2D eigenvalue weighted by Gasteiger charge is 2.41. The van der Waals surface area contributed by atoms with Gasteiger partial charge in [0.15, 0.2) is 9.84 Å². The molecule has 0 unspecified atom stereocenters. The summed E-state index contributed by atoms with van der Waals surface area (Å²) in [6, 6.07) is 2.25. The highest BCUT2D eigenvalue weighted by molar-refractivity contribution is 8.26. The predicted octanol–water partition coefficient (Wildman–Crippen LogP) is 1.51. The molecule has 0 saturated carbocycles. The molecule has 0 radical (unpaired) electrons. The maximum absolute atomic E-state index is 12.8. The van der Waals surface area contributed by atoms with Gasteiger partial charge in [-0.1, -0.05) is 24.0 Å². The number of hydrogen-bond acceptors (Lipinski definition) is 7. The topological polar surface area (TPSA) is 87.9 Å². The van der Waals surface area contributed by atoms with Gasteiger partial charge in [0.05, 0.1) is 22.7 Å². The van der Waals surface area contributed by atoms with E-state index in [0.29, 0.717) is 21.4 Å². The molecule has 2 saturated heterocycles. The average molecular weight is 415 g/mol. The molecule has 0 bridgehead atoms. The van der Waals surface area contributed by atoms with Gasteiger partial charge in [0, 0.05) is 19.2 Å². The number of carbonyl (C=O) groups is 2. The van der Waals surface area contributed by atoms with Gasteiger partial charge in [0.1, 0.15) is 16.1 Å². The lowest BCUT2D eigenvalue weighted by atomic mass is 10.2. The van der Waals surface area contributed by atoms with E-state index in [-0.39, 0.29) is 29.4 Å². The maximum Gasteiger partial charge on any atom is 0.267 e. The van der Waals surface area contributed by atoms with Crippen LogP contribution in [0.3, 0.4) is 0 Å². The van der Waals surface area contributed by atoms with Crippen LogP contribution in [0.2, 0.25) is 0 Å². The van der Waals surface area contributed by atoms with Gasteiger partial charge in [0.2, 0.25) is 5.91 Å². The molecule has 2 fully saturated rings. The van der Waals surface area contributed by atoms with Gasteiger partial charge in [0.25, 0.3) is 5.91 Å². The minimum absolute atomic E-state index is 0.0429. The van der Waals surface area contributed by atoms with Crippen LogP contribution in [0.5, 0.6) is 0 Å². The Balaban J connectivity index is 1.74. The van der Waals surface area contributed by atoms with E-state index in [1.807, 2.05) is 0 Å². The fraction of sp³-hybridized carbons (Fsp3) is 0.438. The first-order valence-electron chi connectivity index (χ1n) is 7.97. The van der Waals surface area contributed by atoms with E-state index < -0.39 is 15.9 Å². The summed E-state index contributed by atoms with van der Waals surface area (Å²) in [5, 5.41) is 0. The summed E-state index contributed by atoms with van der Waals surface area (Å²) in [7, 11) is -1.53. The summed E-state index contributed by atoms with van der Waals surface area (Å²) in [5.41, 5.74) is 0. The summed E-state index contributed by atoms with van der Waals surface area (Å²) in [4.78, 5) is 28.5. The van der Waals surface area contributed by atoms with Crippen LogP contribution in [0.25, 0.3) is 6.08 Å². The van der Waals surface area contributed by atoms with Crippen LogP contribution in [0.15, 0.2) is 27.7 Å². The van der Waals surface area contributed by atoms with Crippen molar-refractivity contribution in [3.63, 3.8) is 0 Å². The molecule has 26 heavy (non-hydrogen) atoms. The summed E-state index contributed by atoms with van der Waals surface area (Å²) < 4.78 is 28.8. The molecule has 2 aliphatic rings. The number of thioether (sulfide) groups is 1. The Morgan fingerprint density at radius 3 is 2.85 bits per heavy atom. The second-order valence-electron chi connectivity index (χ2n) is 6.25. The molecule has 3 heterocycles. The lowest BCUT2D eigenvalue weighted by Gasteiger charge is -2.30. The third kappa shape index (κ3) is 3.72. The SMILES string of the molecule is C[C@H](C(=O)N(C)[C@H]1CCS(=O)(=O)C1)N1C(=O)/C(=C/c2ccco2)SC1=S. The van der Waals surface area contributed by atoms with Gasteiger partial charge >= 0.3 is 0 Å². The zero-order chi connectivity index (χ0) is 19.1. The molecule has 140 valence electrons. The van der Waals surface area contributed by atoms with Crippen LogP contribution < -0.4 is 0 Å². The van der Waals surface area contributed by atoms with Crippen molar-refractivity contribution < 1.29 is 22.4 Å². The lowest BCUT2D eigenvalue weighted by Crippen LogP contribution is -2.50. The number of likely N-dealkylation sites (N-methyl/N-ethyl adjacent to an activating group) is 1. The quantitative estimate of drug-likeness (QED) is 0.545. The maximum atomic E-state index is 12.8. The van der Waals surface area contributed by atoms with E-state index in [1.54, 1.807) is 32.2 Å². The van der Waals surface area contributed by atoms with Gasteiger partial charge in [-0.15, -0.1) is 0 Å². The minimum Gasteiger partial charge on any atom is -0.465 e. The van der Waals surface area contributed by atoms with E-state index in [1.165, 1.54) is 16.1 Å². The molecule has 0 aliphatic carbocycles. The number of rotatable bonds is 4. The molecule has 7 nitrogen and oxygen atoms in total. The first-order valence-corrected chi connectivity index (χ1v) is 11.0. The molecule has 0 aromatic carbocycles. The molecule has 3 rings (SSSR count). The lowest BCUT2D eigenvalue weighted by molar-refractivity contribution is -0.139. The number of hydrogen-bond donors (Lipinski definition) is 0. The van der Waals surface area contributed by atoms with Crippen molar-refractivity contribution in [1.29, 1.82) is 0 Å². The number of carbonyl (C=O) groups excluding carboxylic acids is 2. The Morgan fingerprint density at radius 1 is 1.54 bits per heavy atom. The van der Waals surface area contributed by atoms with Gasteiger partial charge in [-0.25, -0.2) is 8.42 Å². The van der Waals surface area contributed by atoms with Gasteiger partial charge < -0.3 is 9.32 Å². The monoisotopic (exact) mass is 414 g/mol. The third-order valence-corrected chi connectivity index (χ3v) is 7.57. The number of sulfone groups is 1. The number of nitrogens with zero attached hydrogens (tertiary/aromatic N) is 2. The third-order valence-electron chi connectivity index (χ3n) is 4.49. The van der Waals surface area contributed by atoms with E-state index in [9.17, 15) is 18.0 Å². The molecule has 10 heteroatoms. The smallest absolute Gasteiger partial charge is 0.267 e. The Labute approximate surface area is 161 Å². The minimum atomic E-state index is -3.10. The van der Waals surface area contributed by atoms with Crippen molar-refractivity contribution >= 4 is 56.0 Å². The van der Waals surface area contributed by atoms with Crippen LogP contribution in [-0.2, 0) is 19.4 Å². The van der Waals surface area contributed by atoms with Crippen LogP contribution in [0.4, 0.5) is 0 Å². The summed E-state index contributed by atoms with van der Waals surface area (Å²) >= 11 is 6.39. The van der Waals surface area contributed by atoms with E-state index in [4.69, 9.17) is 16.6 Å². The zero-order valence-electron chi connectivity index (χ0n) is 14.2. The Hall–Kier alpha value is -1.65. The normalized spacial score (nSPS) is 25.1. The molecular formula is C16H18N2O5S3. The van der Waals surface area contributed by atoms with Crippen LogP contribution >= 0.6 is 24.0 Å². The molecule has 0 N–H and O–H groups in total. The second-order valence-corrected chi connectivity index (χ2v) is 10.2. The Morgan fingerprint density at radius 2 is 2.27 bits per heavy atom. The van der Waals surface area contributed by atoms with Crippen molar-refractivity contribution in [3.8, 4) is 0 Å². The first kappa shape index (κ1) is 19.1. The van der Waals surface area contributed by atoms with Crippen LogP contribution in [-0.4, -0.2) is 65.0 Å². The highest BCUT2D eigenvalue weighted by Crippen LogP contribution is 2.34. The Kier molecular flexibility index (Phi) is 5.27. The highest BCUT2D eigenvalue weighted by atomic mass is 32.2. The molecule has 0 spiro atoms. The molecule has 1 aromatic rings. The van der Waals surface area contributed by atoms with Crippen molar-refractivity contribution in [1.82, 2.24) is 9.80 Å². The zero-order valence-corrected chi connectivity index (χ0v) is 16.7. The summed E-state index contributed by atoms with van der Waals surface area (Å²) in [6.07, 6.45) is 3.50. The van der Waals surface area contributed by atoms with E-state index in [2.05, 4.69) is 0 Å². The molecule has 2 aliphatic heterocycles.